The Morgan fingerprint density at radius 3 is 1.55 bits per heavy atom. The van der Waals surface area contributed by atoms with Gasteiger partial charge in [0, 0.05) is 26.2 Å². The molecule has 0 saturated carbocycles. The van der Waals surface area contributed by atoms with Crippen LogP contribution in [0, 0.1) is 0 Å². The van der Waals surface area contributed by atoms with E-state index in [2.05, 4.69) is 106 Å². The highest BCUT2D eigenvalue weighted by molar-refractivity contribution is 7.13. The van der Waals surface area contributed by atoms with Gasteiger partial charge in [0.05, 0.1) is 11.0 Å². The van der Waals surface area contributed by atoms with Crippen LogP contribution >= 0.6 is 22.7 Å². The number of fused-ring (bicyclic) bond motifs is 3. The van der Waals surface area contributed by atoms with Crippen molar-refractivity contribution in [1.29, 1.82) is 0 Å². The quantitative estimate of drug-likeness (QED) is 0.278. The second-order valence-corrected chi connectivity index (χ2v) is 8.98. The smallest absolute Gasteiger partial charge is 0.0541 e. The average Bonchev–Trinajstić information content (AvgIpc) is 3.53. The lowest BCUT2D eigenvalue weighted by Crippen LogP contribution is -1.92. The van der Waals surface area contributed by atoms with Gasteiger partial charge in [-0.3, -0.25) is 0 Å². The summed E-state index contributed by atoms with van der Waals surface area (Å²) in [5.74, 6) is 0. The van der Waals surface area contributed by atoms with Crippen molar-refractivity contribution >= 4 is 44.5 Å². The van der Waals surface area contributed by atoms with E-state index in [-0.39, 0.29) is 0 Å². The Balaban J connectivity index is 1.70. The van der Waals surface area contributed by atoms with Gasteiger partial charge in [0.2, 0.25) is 0 Å². The fourth-order valence-electron chi connectivity index (χ4n) is 4.07. The summed E-state index contributed by atoms with van der Waals surface area (Å²) in [5, 5.41) is 6.88. The minimum atomic E-state index is 1.19. The molecule has 0 aliphatic rings. The third kappa shape index (κ3) is 2.74. The highest BCUT2D eigenvalue weighted by atomic mass is 32.1. The summed E-state index contributed by atoms with van der Waals surface area (Å²) in [6.07, 6.45) is 0. The molecule has 3 aromatic heterocycles. The van der Waals surface area contributed by atoms with E-state index in [1.165, 1.54) is 48.4 Å². The number of para-hydroxylation sites is 1. The number of hydrogen-bond acceptors (Lipinski definition) is 2. The van der Waals surface area contributed by atoms with Crippen LogP contribution in [0.5, 0.6) is 0 Å². The van der Waals surface area contributed by atoms with E-state index in [1.807, 2.05) is 0 Å². The zero-order chi connectivity index (χ0) is 19.2. The van der Waals surface area contributed by atoms with Gasteiger partial charge < -0.3 is 4.57 Å². The first kappa shape index (κ1) is 16.8. The zero-order valence-corrected chi connectivity index (χ0v) is 17.2. The molecule has 6 rings (SSSR count). The molecule has 0 aliphatic carbocycles. The van der Waals surface area contributed by atoms with Gasteiger partial charge in [0.25, 0.3) is 0 Å². The normalized spacial score (nSPS) is 11.4. The molecule has 0 bridgehead atoms. The van der Waals surface area contributed by atoms with Crippen LogP contribution < -0.4 is 0 Å². The van der Waals surface area contributed by atoms with Crippen LogP contribution in [-0.4, -0.2) is 4.57 Å². The lowest BCUT2D eigenvalue weighted by Gasteiger charge is -2.08. The Hall–Kier alpha value is -3.14. The molecule has 0 amide bonds. The Morgan fingerprint density at radius 1 is 0.517 bits per heavy atom. The predicted molar refractivity (Wildman–Crippen MR) is 127 cm³/mol. The van der Waals surface area contributed by atoms with Crippen molar-refractivity contribution in [2.45, 2.75) is 0 Å². The Labute approximate surface area is 177 Å². The maximum Gasteiger partial charge on any atom is 0.0541 e. The van der Waals surface area contributed by atoms with E-state index in [0.29, 0.717) is 0 Å². The summed E-state index contributed by atoms with van der Waals surface area (Å²) in [5.41, 5.74) is 6.24. The second kappa shape index (κ2) is 6.73. The highest BCUT2D eigenvalue weighted by Crippen LogP contribution is 2.38. The summed E-state index contributed by atoms with van der Waals surface area (Å²) >= 11 is 3.58. The summed E-state index contributed by atoms with van der Waals surface area (Å²) < 4.78 is 2.38. The number of thiophene rings is 2. The lowest BCUT2D eigenvalue weighted by molar-refractivity contribution is 1.18. The Morgan fingerprint density at radius 2 is 1.07 bits per heavy atom. The second-order valence-electron chi connectivity index (χ2n) is 7.09. The van der Waals surface area contributed by atoms with Crippen LogP contribution in [-0.2, 0) is 0 Å². The topological polar surface area (TPSA) is 4.93 Å². The van der Waals surface area contributed by atoms with Crippen molar-refractivity contribution in [1.82, 2.24) is 4.57 Å². The van der Waals surface area contributed by atoms with Gasteiger partial charge in [0.1, 0.15) is 0 Å². The van der Waals surface area contributed by atoms with E-state index in [4.69, 9.17) is 0 Å². The molecule has 0 spiro atoms. The van der Waals surface area contributed by atoms with Crippen molar-refractivity contribution in [3.05, 3.63) is 102 Å². The van der Waals surface area contributed by atoms with E-state index in [9.17, 15) is 0 Å². The van der Waals surface area contributed by atoms with Gasteiger partial charge in [-0.05, 0) is 70.4 Å². The first-order chi connectivity index (χ1) is 14.4. The van der Waals surface area contributed by atoms with Gasteiger partial charge in [-0.2, -0.15) is 0 Å². The van der Waals surface area contributed by atoms with Crippen LogP contribution in [0.2, 0.25) is 0 Å². The van der Waals surface area contributed by atoms with E-state index in [0.717, 1.165) is 0 Å². The molecular formula is C26H17NS2. The SMILES string of the molecule is c1ccc(-n2c3ccc(-c4cccs4)cc3c3cc(-c4cccs4)ccc32)cc1. The highest BCUT2D eigenvalue weighted by Gasteiger charge is 2.14. The standard InChI is InChI=1S/C26H17NS2/c1-2-6-20(7-3-1)27-23-12-10-18(25-8-4-14-28-25)16-21(23)22-17-19(11-13-24(22)27)26-9-5-15-29-26/h1-17H. The molecule has 0 N–H and O–H groups in total. The van der Waals surface area contributed by atoms with E-state index < -0.39 is 0 Å². The molecule has 3 heteroatoms. The summed E-state index contributed by atoms with van der Waals surface area (Å²) in [6.45, 7) is 0. The fourth-order valence-corrected chi connectivity index (χ4v) is 5.52. The Kier molecular flexibility index (Phi) is 3.89. The zero-order valence-electron chi connectivity index (χ0n) is 15.6. The molecule has 3 aromatic carbocycles. The third-order valence-corrected chi connectivity index (χ3v) is 7.23. The van der Waals surface area contributed by atoms with Crippen LogP contribution in [0.15, 0.2) is 102 Å². The van der Waals surface area contributed by atoms with Gasteiger partial charge in [-0.25, -0.2) is 0 Å². The molecule has 1 nitrogen and oxygen atoms in total. The first-order valence-corrected chi connectivity index (χ1v) is 11.4. The molecule has 0 radical (unpaired) electrons. The van der Waals surface area contributed by atoms with Crippen LogP contribution in [0.4, 0.5) is 0 Å². The number of aromatic nitrogens is 1. The monoisotopic (exact) mass is 407 g/mol. The molecule has 0 aliphatic heterocycles. The molecule has 6 aromatic rings. The summed E-state index contributed by atoms with van der Waals surface area (Å²) in [6, 6.07) is 33.0. The molecule has 138 valence electrons. The van der Waals surface area contributed by atoms with E-state index >= 15 is 0 Å². The van der Waals surface area contributed by atoms with Crippen molar-refractivity contribution in [2.75, 3.05) is 0 Å². The number of nitrogens with zero attached hydrogens (tertiary/aromatic N) is 1. The maximum absolute atomic E-state index is 2.38. The Bertz CT molecular complexity index is 1330. The van der Waals surface area contributed by atoms with Gasteiger partial charge in [-0.1, -0.05) is 42.5 Å². The van der Waals surface area contributed by atoms with Crippen molar-refractivity contribution in [3.8, 4) is 26.6 Å². The average molecular weight is 408 g/mol. The van der Waals surface area contributed by atoms with Crippen molar-refractivity contribution in [2.24, 2.45) is 0 Å². The third-order valence-electron chi connectivity index (χ3n) is 5.39. The van der Waals surface area contributed by atoms with Gasteiger partial charge in [-0.15, -0.1) is 22.7 Å². The molecule has 0 unspecified atom stereocenters. The minimum Gasteiger partial charge on any atom is -0.309 e. The van der Waals surface area contributed by atoms with Crippen LogP contribution in [0.25, 0.3) is 48.4 Å². The molecule has 0 saturated heterocycles. The molecule has 0 fully saturated rings. The summed E-state index contributed by atoms with van der Waals surface area (Å²) in [4.78, 5) is 2.61. The lowest BCUT2D eigenvalue weighted by atomic mass is 10.1. The number of hydrogen-bond donors (Lipinski definition) is 0. The molecule has 29 heavy (non-hydrogen) atoms. The first-order valence-electron chi connectivity index (χ1n) is 9.60. The van der Waals surface area contributed by atoms with Crippen LogP contribution in [0.1, 0.15) is 0 Å². The predicted octanol–water partition coefficient (Wildman–Crippen LogP) is 8.24. The van der Waals surface area contributed by atoms with Crippen LogP contribution in [0.3, 0.4) is 0 Å². The van der Waals surface area contributed by atoms with E-state index in [1.54, 1.807) is 22.7 Å². The fraction of sp³-hybridized carbons (Fsp3) is 0. The molecule has 0 atom stereocenters. The van der Waals surface area contributed by atoms with Gasteiger partial charge >= 0.3 is 0 Å². The largest absolute Gasteiger partial charge is 0.309 e. The molecule has 3 heterocycles. The minimum absolute atomic E-state index is 1.19. The van der Waals surface area contributed by atoms with Crippen molar-refractivity contribution < 1.29 is 0 Å². The number of rotatable bonds is 3. The number of benzene rings is 3. The van der Waals surface area contributed by atoms with Gasteiger partial charge in [0.15, 0.2) is 0 Å². The van der Waals surface area contributed by atoms with Crippen molar-refractivity contribution in [3.63, 3.8) is 0 Å². The summed E-state index contributed by atoms with van der Waals surface area (Å²) in [7, 11) is 0. The molecular weight excluding hydrogens is 390 g/mol. The maximum atomic E-state index is 2.38.